The van der Waals surface area contributed by atoms with Gasteiger partial charge in [0.2, 0.25) is 0 Å². The molecule has 23 heavy (non-hydrogen) atoms. The van der Waals surface area contributed by atoms with Gasteiger partial charge >= 0.3 is 0 Å². The maximum Gasteiger partial charge on any atom is 0 e. The molecule has 5 heteroatoms. The van der Waals surface area contributed by atoms with Crippen LogP contribution in [0.4, 0.5) is 14.1 Å². The minimum Gasteiger partial charge on any atom is -0.269 e. The average molecular weight is 333 g/mol. The first-order valence-electron chi connectivity index (χ1n) is 6.40. The van der Waals surface area contributed by atoms with Gasteiger partial charge in [-0.25, -0.2) is 0 Å². The molecule has 3 radical (unpaired) electrons. The van der Waals surface area contributed by atoms with Crippen molar-refractivity contribution in [3.63, 3.8) is 0 Å². The molecule has 0 unspecified atom stereocenters. The smallest absolute Gasteiger partial charge is 0 e. The normalized spacial score (nSPS) is 8.74. The van der Waals surface area contributed by atoms with Crippen LogP contribution >= 0.6 is 7.92 Å². The highest BCUT2D eigenvalue weighted by molar-refractivity contribution is 7.79. The van der Waals surface area contributed by atoms with Crippen LogP contribution in [0.5, 0.6) is 0 Å². The molecule has 119 valence electrons. The fourth-order valence-electron chi connectivity index (χ4n) is 2.18. The summed E-state index contributed by atoms with van der Waals surface area (Å²) in [4.78, 5) is 0. The van der Waals surface area contributed by atoms with Crippen LogP contribution in [0, 0.1) is 0 Å². The van der Waals surface area contributed by atoms with Gasteiger partial charge in [0.15, 0.2) is 0 Å². The Balaban J connectivity index is 0. The van der Waals surface area contributed by atoms with E-state index in [1.807, 2.05) is 0 Å². The molecule has 0 saturated heterocycles. The molecule has 0 aliphatic heterocycles. The number of rotatable bonds is 3. The Hall–Kier alpha value is -2.06. The number of benzene rings is 3. The van der Waals surface area contributed by atoms with Crippen LogP contribution in [-0.4, -0.2) is 8.41 Å². The summed E-state index contributed by atoms with van der Waals surface area (Å²) in [5.41, 5.74) is 0. The van der Waals surface area contributed by atoms with Crippen LogP contribution in [0.15, 0.2) is 91.0 Å². The average Bonchev–Trinajstić information content (AvgIpc) is 2.51. The van der Waals surface area contributed by atoms with Gasteiger partial charge in [0.1, 0.15) is 0 Å². The lowest BCUT2D eigenvalue weighted by Crippen LogP contribution is -2.20. The quantitative estimate of drug-likeness (QED) is 0.508. The molecule has 0 aromatic heterocycles. The fraction of sp³-hybridized carbons (Fsp3) is 0. The van der Waals surface area contributed by atoms with E-state index < -0.39 is 7.92 Å². The first-order chi connectivity index (χ1) is 9.45. The van der Waals surface area contributed by atoms with Gasteiger partial charge in [0, 0.05) is 8.41 Å². The highest BCUT2D eigenvalue weighted by Crippen LogP contribution is 2.32. The summed E-state index contributed by atoms with van der Waals surface area (Å²) in [6.45, 7) is 0. The third-order valence-corrected chi connectivity index (χ3v) is 5.49. The minimum atomic E-state index is -0.446. The SMILES string of the molecule is F.F.F.[B].c1ccc(P(c2ccccc2)c2ccccc2)cc1. The molecule has 0 N–H and O–H groups in total. The van der Waals surface area contributed by atoms with E-state index in [-0.39, 0.29) is 22.5 Å². The predicted octanol–water partition coefficient (Wildman–Crippen LogP) is 3.52. The Morgan fingerprint density at radius 3 is 0.826 bits per heavy atom. The zero-order valence-electron chi connectivity index (χ0n) is 12.4. The molecule has 3 aromatic carbocycles. The summed E-state index contributed by atoms with van der Waals surface area (Å²) in [5, 5.41) is 4.19. The van der Waals surface area contributed by atoms with Crippen LogP contribution in [0.3, 0.4) is 0 Å². The lowest BCUT2D eigenvalue weighted by molar-refractivity contribution is 1.11. The van der Waals surface area contributed by atoms with Crippen molar-refractivity contribution in [1.29, 1.82) is 0 Å². The second kappa shape index (κ2) is 11.5. The first kappa shape index (κ1) is 23.2. The Morgan fingerprint density at radius 2 is 0.609 bits per heavy atom. The third-order valence-electron chi connectivity index (χ3n) is 3.04. The highest BCUT2D eigenvalue weighted by atomic mass is 31.1. The van der Waals surface area contributed by atoms with Gasteiger partial charge in [-0.15, -0.1) is 0 Å². The summed E-state index contributed by atoms with van der Waals surface area (Å²) in [7, 11) is -0.446. The predicted molar refractivity (Wildman–Crippen MR) is 98.4 cm³/mol. The highest BCUT2D eigenvalue weighted by Gasteiger charge is 2.14. The Labute approximate surface area is 138 Å². The zero-order chi connectivity index (χ0) is 12.9. The van der Waals surface area contributed by atoms with Crippen LogP contribution in [-0.2, 0) is 0 Å². The summed E-state index contributed by atoms with van der Waals surface area (Å²) in [5.74, 6) is 0. The number of hydrogen-bond donors (Lipinski definition) is 0. The van der Waals surface area contributed by atoms with Gasteiger partial charge in [0.05, 0.1) is 0 Å². The largest absolute Gasteiger partial charge is 0.269 e. The third kappa shape index (κ3) is 5.57. The molecule has 0 bridgehead atoms. The van der Waals surface area contributed by atoms with Crippen LogP contribution in [0.2, 0.25) is 0 Å². The number of hydrogen-bond acceptors (Lipinski definition) is 0. The van der Waals surface area contributed by atoms with Gasteiger partial charge in [-0.1, -0.05) is 91.0 Å². The zero-order valence-corrected chi connectivity index (χ0v) is 13.3. The second-order valence-electron chi connectivity index (χ2n) is 4.34. The fourth-order valence-corrected chi connectivity index (χ4v) is 4.48. The number of halogens is 3. The molecule has 0 fully saturated rings. The van der Waals surface area contributed by atoms with Gasteiger partial charge in [0.25, 0.3) is 0 Å². The van der Waals surface area contributed by atoms with Crippen molar-refractivity contribution in [2.75, 3.05) is 0 Å². The van der Waals surface area contributed by atoms with Crippen LogP contribution < -0.4 is 15.9 Å². The maximum atomic E-state index is 2.23. The van der Waals surface area contributed by atoms with Crippen molar-refractivity contribution in [1.82, 2.24) is 0 Å². The van der Waals surface area contributed by atoms with E-state index in [0.29, 0.717) is 0 Å². The molecule has 0 atom stereocenters. The summed E-state index contributed by atoms with van der Waals surface area (Å²) in [6.07, 6.45) is 0. The van der Waals surface area contributed by atoms with Gasteiger partial charge in [-0.2, -0.15) is 0 Å². The molecule has 0 saturated carbocycles. The van der Waals surface area contributed by atoms with E-state index in [9.17, 15) is 0 Å². The summed E-state index contributed by atoms with van der Waals surface area (Å²) in [6, 6.07) is 32.3. The Morgan fingerprint density at radius 1 is 0.391 bits per heavy atom. The first-order valence-corrected chi connectivity index (χ1v) is 7.74. The van der Waals surface area contributed by atoms with Crippen molar-refractivity contribution in [3.8, 4) is 0 Å². The molecule has 0 aliphatic rings. The van der Waals surface area contributed by atoms with E-state index in [4.69, 9.17) is 0 Å². The van der Waals surface area contributed by atoms with Crippen LogP contribution in [0.25, 0.3) is 0 Å². The van der Waals surface area contributed by atoms with Crippen molar-refractivity contribution in [2.24, 2.45) is 0 Å². The van der Waals surface area contributed by atoms with Gasteiger partial charge in [-0.3, -0.25) is 14.1 Å². The van der Waals surface area contributed by atoms with Crippen molar-refractivity contribution in [3.05, 3.63) is 91.0 Å². The van der Waals surface area contributed by atoms with Crippen molar-refractivity contribution < 1.29 is 14.1 Å². The lowest BCUT2D eigenvalue weighted by atomic mass is 10.4. The summed E-state index contributed by atoms with van der Waals surface area (Å²) < 4.78 is 0. The van der Waals surface area contributed by atoms with Gasteiger partial charge in [-0.05, 0) is 23.8 Å². The summed E-state index contributed by atoms with van der Waals surface area (Å²) >= 11 is 0. The monoisotopic (exact) mass is 333 g/mol. The minimum absolute atomic E-state index is 0. The van der Waals surface area contributed by atoms with Crippen molar-refractivity contribution in [2.45, 2.75) is 0 Å². The topological polar surface area (TPSA) is 0 Å². The van der Waals surface area contributed by atoms with E-state index in [1.54, 1.807) is 0 Å². The van der Waals surface area contributed by atoms with E-state index >= 15 is 0 Å². The molecule has 0 nitrogen and oxygen atoms in total. The standard InChI is InChI=1S/C18H15P.B.3FH/c1-4-10-16(11-5-1)19(17-12-6-2-7-13-17)18-14-8-3-9-15-18;;;;/h1-15H;;3*1H. The Kier molecular flexibility index (Phi) is 11.6. The van der Waals surface area contributed by atoms with E-state index in [2.05, 4.69) is 91.0 Å². The van der Waals surface area contributed by atoms with E-state index in [1.165, 1.54) is 15.9 Å². The molecule has 0 amide bonds. The molecule has 0 aliphatic carbocycles. The molecule has 0 spiro atoms. The van der Waals surface area contributed by atoms with Crippen LogP contribution in [0.1, 0.15) is 0 Å². The molecule has 3 aromatic rings. The molecule has 0 heterocycles. The lowest BCUT2D eigenvalue weighted by Gasteiger charge is -2.18. The second-order valence-corrected chi connectivity index (χ2v) is 6.56. The van der Waals surface area contributed by atoms with Crippen molar-refractivity contribution >= 4 is 32.2 Å². The Bertz CT molecular complexity index is 542. The molecular weight excluding hydrogens is 315 g/mol. The molecule has 3 rings (SSSR count). The van der Waals surface area contributed by atoms with E-state index in [0.717, 1.165) is 0 Å². The van der Waals surface area contributed by atoms with Gasteiger partial charge < -0.3 is 0 Å². The maximum absolute atomic E-state index is 2.23. The molecular formula is C18H18BF3P.